The molecule has 172 valence electrons. The average molecular weight is 431 g/mol. The molecule has 4 atom stereocenters. The van der Waals surface area contributed by atoms with Gasteiger partial charge in [0.2, 0.25) is 23.6 Å². The van der Waals surface area contributed by atoms with Gasteiger partial charge in [0, 0.05) is 0 Å². The van der Waals surface area contributed by atoms with Gasteiger partial charge in [-0.1, -0.05) is 13.8 Å². The first-order valence-electron chi connectivity index (χ1n) is 9.78. The molecule has 0 spiro atoms. The SMILES string of the molecule is CC(NC(=O)C(CCCCN)NC(=O)C(N)C(C)C)C(=O)NC(CC(N)=O)C(=O)O. The molecule has 30 heavy (non-hydrogen) atoms. The highest BCUT2D eigenvalue weighted by Gasteiger charge is 2.29. The van der Waals surface area contributed by atoms with Crippen LogP contribution in [0, 0.1) is 5.92 Å². The molecule has 0 saturated heterocycles. The van der Waals surface area contributed by atoms with E-state index >= 15 is 0 Å². The molecule has 0 radical (unpaired) electrons. The highest BCUT2D eigenvalue weighted by atomic mass is 16.4. The summed E-state index contributed by atoms with van der Waals surface area (Å²) in [5, 5.41) is 16.2. The summed E-state index contributed by atoms with van der Waals surface area (Å²) in [6.45, 7) is 5.30. The van der Waals surface area contributed by atoms with E-state index in [0.717, 1.165) is 0 Å². The summed E-state index contributed by atoms with van der Waals surface area (Å²) in [5.74, 6) is -4.41. The van der Waals surface area contributed by atoms with Crippen molar-refractivity contribution in [2.45, 2.75) is 70.6 Å². The van der Waals surface area contributed by atoms with E-state index in [1.54, 1.807) is 13.8 Å². The van der Waals surface area contributed by atoms with Gasteiger partial charge in [0.05, 0.1) is 12.5 Å². The Morgan fingerprint density at radius 1 is 0.867 bits per heavy atom. The molecule has 12 heteroatoms. The van der Waals surface area contributed by atoms with E-state index in [9.17, 15) is 24.0 Å². The molecule has 0 heterocycles. The van der Waals surface area contributed by atoms with Crippen LogP contribution in [0.4, 0.5) is 0 Å². The smallest absolute Gasteiger partial charge is 0.326 e. The monoisotopic (exact) mass is 430 g/mol. The van der Waals surface area contributed by atoms with E-state index in [0.29, 0.717) is 19.4 Å². The summed E-state index contributed by atoms with van der Waals surface area (Å²) in [6.07, 6.45) is 0.894. The minimum atomic E-state index is -1.52. The van der Waals surface area contributed by atoms with Crippen molar-refractivity contribution in [1.29, 1.82) is 0 Å². The third-order valence-corrected chi connectivity index (χ3v) is 4.37. The summed E-state index contributed by atoms with van der Waals surface area (Å²) in [4.78, 5) is 59.1. The number of carboxylic acids is 1. The number of rotatable bonds is 14. The first kappa shape index (κ1) is 27.3. The van der Waals surface area contributed by atoms with Crippen LogP contribution in [0.3, 0.4) is 0 Å². The number of nitrogens with one attached hydrogen (secondary N) is 3. The molecule has 0 aliphatic rings. The first-order valence-corrected chi connectivity index (χ1v) is 9.78. The van der Waals surface area contributed by atoms with Crippen LogP contribution >= 0.6 is 0 Å². The zero-order valence-corrected chi connectivity index (χ0v) is 17.6. The fraction of sp³-hybridized carbons (Fsp3) is 0.722. The van der Waals surface area contributed by atoms with Gasteiger partial charge in [-0.05, 0) is 38.6 Å². The average Bonchev–Trinajstić information content (AvgIpc) is 2.65. The molecule has 0 aromatic heterocycles. The van der Waals surface area contributed by atoms with E-state index in [2.05, 4.69) is 16.0 Å². The Hall–Kier alpha value is -2.73. The van der Waals surface area contributed by atoms with Crippen LogP contribution in [0.25, 0.3) is 0 Å². The largest absolute Gasteiger partial charge is 0.480 e. The summed E-state index contributed by atoms with van der Waals surface area (Å²) in [6, 6.07) is -4.39. The van der Waals surface area contributed by atoms with Gasteiger partial charge in [-0.15, -0.1) is 0 Å². The number of hydrogen-bond donors (Lipinski definition) is 7. The summed E-state index contributed by atoms with van der Waals surface area (Å²) < 4.78 is 0. The molecule has 0 saturated carbocycles. The molecule has 10 N–H and O–H groups in total. The van der Waals surface area contributed by atoms with Crippen LogP contribution < -0.4 is 33.2 Å². The predicted molar refractivity (Wildman–Crippen MR) is 109 cm³/mol. The van der Waals surface area contributed by atoms with Crippen LogP contribution in [-0.2, 0) is 24.0 Å². The van der Waals surface area contributed by atoms with Gasteiger partial charge in [-0.25, -0.2) is 4.79 Å². The third kappa shape index (κ3) is 10.2. The molecule has 0 fully saturated rings. The van der Waals surface area contributed by atoms with Crippen molar-refractivity contribution in [2.24, 2.45) is 23.1 Å². The molecular weight excluding hydrogens is 396 g/mol. The van der Waals surface area contributed by atoms with Crippen molar-refractivity contribution in [3.63, 3.8) is 0 Å². The fourth-order valence-electron chi connectivity index (χ4n) is 2.41. The maximum absolute atomic E-state index is 12.6. The molecular formula is C18H34N6O6. The Kier molecular flexibility index (Phi) is 12.3. The summed E-state index contributed by atoms with van der Waals surface area (Å²) >= 11 is 0. The van der Waals surface area contributed by atoms with Gasteiger partial charge in [0.25, 0.3) is 0 Å². The zero-order chi connectivity index (χ0) is 23.4. The predicted octanol–water partition coefficient (Wildman–Crippen LogP) is -2.47. The number of hydrogen-bond acceptors (Lipinski definition) is 7. The van der Waals surface area contributed by atoms with E-state index in [1.165, 1.54) is 6.92 Å². The Labute approximate surface area is 175 Å². The van der Waals surface area contributed by atoms with Gasteiger partial charge in [0.15, 0.2) is 0 Å². The van der Waals surface area contributed by atoms with Crippen molar-refractivity contribution in [3.8, 4) is 0 Å². The molecule has 0 rings (SSSR count). The zero-order valence-electron chi connectivity index (χ0n) is 17.6. The quantitative estimate of drug-likeness (QED) is 0.146. The van der Waals surface area contributed by atoms with Gasteiger partial charge >= 0.3 is 5.97 Å². The van der Waals surface area contributed by atoms with E-state index in [4.69, 9.17) is 22.3 Å². The summed E-state index contributed by atoms with van der Waals surface area (Å²) in [5.41, 5.74) is 16.2. The van der Waals surface area contributed by atoms with Crippen molar-refractivity contribution >= 4 is 29.6 Å². The molecule has 4 unspecified atom stereocenters. The van der Waals surface area contributed by atoms with Gasteiger partial charge in [-0.3, -0.25) is 19.2 Å². The molecule has 12 nitrogen and oxygen atoms in total. The number of unbranched alkanes of at least 4 members (excludes halogenated alkanes) is 1. The third-order valence-electron chi connectivity index (χ3n) is 4.37. The number of carbonyl (C=O) groups is 5. The van der Waals surface area contributed by atoms with Crippen molar-refractivity contribution in [1.82, 2.24) is 16.0 Å². The second-order valence-electron chi connectivity index (χ2n) is 7.42. The van der Waals surface area contributed by atoms with Gasteiger partial charge < -0.3 is 38.3 Å². The maximum atomic E-state index is 12.6. The number of aliphatic carboxylic acids is 1. The minimum absolute atomic E-state index is 0.138. The van der Waals surface area contributed by atoms with Crippen LogP contribution in [0.2, 0.25) is 0 Å². The highest BCUT2D eigenvalue weighted by Crippen LogP contribution is 2.05. The van der Waals surface area contributed by atoms with E-state index in [1.807, 2.05) is 0 Å². The Morgan fingerprint density at radius 2 is 1.43 bits per heavy atom. The lowest BCUT2D eigenvalue weighted by atomic mass is 10.0. The highest BCUT2D eigenvalue weighted by molar-refractivity contribution is 5.94. The van der Waals surface area contributed by atoms with Crippen molar-refractivity contribution in [3.05, 3.63) is 0 Å². The van der Waals surface area contributed by atoms with Crippen LogP contribution in [-0.4, -0.2) is 65.4 Å². The van der Waals surface area contributed by atoms with Crippen molar-refractivity contribution < 1.29 is 29.1 Å². The second-order valence-corrected chi connectivity index (χ2v) is 7.42. The first-order chi connectivity index (χ1) is 13.9. The normalized spacial score (nSPS) is 14.9. The lowest BCUT2D eigenvalue weighted by Crippen LogP contribution is -2.57. The fourth-order valence-corrected chi connectivity index (χ4v) is 2.41. The minimum Gasteiger partial charge on any atom is -0.480 e. The van der Waals surface area contributed by atoms with Crippen molar-refractivity contribution in [2.75, 3.05) is 6.54 Å². The molecule has 0 aromatic rings. The second kappa shape index (κ2) is 13.5. The van der Waals surface area contributed by atoms with E-state index in [-0.39, 0.29) is 12.3 Å². The maximum Gasteiger partial charge on any atom is 0.326 e. The number of amides is 4. The Bertz CT molecular complexity index is 626. The molecule has 4 amide bonds. The van der Waals surface area contributed by atoms with Gasteiger partial charge in [-0.2, -0.15) is 0 Å². The molecule has 0 aromatic carbocycles. The number of carboxylic acid groups (broad SMARTS) is 1. The molecule has 0 aliphatic carbocycles. The Morgan fingerprint density at radius 3 is 1.90 bits per heavy atom. The van der Waals surface area contributed by atoms with Crippen LogP contribution in [0.5, 0.6) is 0 Å². The van der Waals surface area contributed by atoms with Crippen LogP contribution in [0.15, 0.2) is 0 Å². The summed E-state index contributed by atoms with van der Waals surface area (Å²) in [7, 11) is 0. The number of nitrogens with two attached hydrogens (primary N) is 3. The lowest BCUT2D eigenvalue weighted by molar-refractivity contribution is -0.143. The lowest BCUT2D eigenvalue weighted by Gasteiger charge is -2.24. The number of carbonyl (C=O) groups excluding carboxylic acids is 4. The number of primary amides is 1. The molecule has 0 bridgehead atoms. The van der Waals surface area contributed by atoms with Gasteiger partial charge in [0.1, 0.15) is 18.1 Å². The standard InChI is InChI=1S/C18H34N6O6/c1-9(2)14(21)17(28)23-11(6-4-5-7-19)16(27)22-10(3)15(26)24-12(18(29)30)8-13(20)25/h9-12,14H,4-8,19,21H2,1-3H3,(H2,20,25)(H,22,27)(H,23,28)(H,24,26)(H,29,30). The van der Waals surface area contributed by atoms with E-state index < -0.39 is 60.2 Å². The van der Waals surface area contributed by atoms with Crippen LogP contribution in [0.1, 0.15) is 46.5 Å². The topological polar surface area (TPSA) is 220 Å². The molecule has 0 aliphatic heterocycles. The Balaban J connectivity index is 5.08.